The van der Waals surface area contributed by atoms with Gasteiger partial charge in [-0.3, -0.25) is 9.59 Å². The summed E-state index contributed by atoms with van der Waals surface area (Å²) < 4.78 is 17.3. The maximum Gasteiger partial charge on any atom is 0.362 e. The Kier molecular flexibility index (Phi) is 38.7. The average molecular weight is 815 g/mol. The van der Waals surface area contributed by atoms with E-state index in [0.717, 1.165) is 77.0 Å². The van der Waals surface area contributed by atoms with E-state index in [1.807, 2.05) is 21.1 Å². The van der Waals surface area contributed by atoms with Crippen molar-refractivity contribution in [3.63, 3.8) is 0 Å². The maximum absolute atomic E-state index is 12.7. The van der Waals surface area contributed by atoms with Crippen molar-refractivity contribution in [3.8, 4) is 0 Å². The van der Waals surface area contributed by atoms with Gasteiger partial charge in [-0.2, -0.15) is 0 Å². The van der Waals surface area contributed by atoms with Crippen LogP contribution in [-0.2, 0) is 28.6 Å². The Bertz CT molecular complexity index is 1130. The van der Waals surface area contributed by atoms with Gasteiger partial charge in [0.1, 0.15) is 6.61 Å². The lowest BCUT2D eigenvalue weighted by atomic mass is 10.1. The highest BCUT2D eigenvalue weighted by Crippen LogP contribution is 2.14. The average Bonchev–Trinajstić information content (AvgIpc) is 3.18. The van der Waals surface area contributed by atoms with E-state index in [4.69, 9.17) is 14.2 Å². The van der Waals surface area contributed by atoms with Gasteiger partial charge in [0.15, 0.2) is 12.1 Å². The molecule has 0 spiro atoms. The Morgan fingerprint density at radius 3 is 1.45 bits per heavy atom. The van der Waals surface area contributed by atoms with Crippen LogP contribution in [0.1, 0.15) is 187 Å². The number of esters is 2. The molecule has 58 heavy (non-hydrogen) atoms. The number of carbonyl (C=O) groups excluding carboxylic acids is 2. The normalized spacial score (nSPS) is 13.5. The summed E-state index contributed by atoms with van der Waals surface area (Å²) in [7, 11) is 5.52. The number of allylic oxidation sites excluding steroid dienone is 10. The molecule has 0 aliphatic carbocycles. The Morgan fingerprint density at radius 1 is 0.534 bits per heavy atom. The fourth-order valence-corrected chi connectivity index (χ4v) is 6.55. The van der Waals surface area contributed by atoms with E-state index in [1.54, 1.807) is 0 Å². The summed E-state index contributed by atoms with van der Waals surface area (Å²) in [5, 5.41) is 9.63. The number of aliphatic carboxylic acids is 1. The van der Waals surface area contributed by atoms with Crippen LogP contribution >= 0.6 is 0 Å². The molecule has 8 heteroatoms. The maximum atomic E-state index is 12.7. The van der Waals surface area contributed by atoms with Crippen molar-refractivity contribution in [2.45, 2.75) is 199 Å². The van der Waals surface area contributed by atoms with Crippen LogP contribution in [0.4, 0.5) is 0 Å². The molecule has 8 nitrogen and oxygen atoms in total. The van der Waals surface area contributed by atoms with Crippen molar-refractivity contribution in [2.75, 3.05) is 41.0 Å². The molecule has 2 atom stereocenters. The molecule has 0 rings (SSSR count). The van der Waals surface area contributed by atoms with Crippen LogP contribution in [-0.4, -0.2) is 80.6 Å². The van der Waals surface area contributed by atoms with Crippen molar-refractivity contribution >= 4 is 17.9 Å². The molecule has 0 saturated heterocycles. The summed E-state index contributed by atoms with van der Waals surface area (Å²) in [4.78, 5) is 37.0. The van der Waals surface area contributed by atoms with Gasteiger partial charge in [0, 0.05) is 19.3 Å². The molecule has 0 radical (unpaired) electrons. The zero-order chi connectivity index (χ0) is 42.8. The molecule has 1 N–H and O–H groups in total. The zero-order valence-corrected chi connectivity index (χ0v) is 38.0. The smallest absolute Gasteiger partial charge is 0.362 e. The Hall–Kier alpha value is -2.97. The van der Waals surface area contributed by atoms with Crippen molar-refractivity contribution in [1.82, 2.24) is 0 Å². The summed E-state index contributed by atoms with van der Waals surface area (Å²) in [5.74, 6) is -1.49. The largest absolute Gasteiger partial charge is 0.477 e. The van der Waals surface area contributed by atoms with Crippen molar-refractivity contribution < 1.29 is 38.2 Å². The SMILES string of the molecule is CC/C=C/C/C=C/C/C=C/C/C=C/CCCCCCCCC(=O)OCC(COCCC(C(=O)O)[N+](C)(C)C)OC(=O)CCCCCCCCC/C=C/CCCCCC. The Balaban J connectivity index is 4.34. The molecule has 0 aromatic carbocycles. The van der Waals surface area contributed by atoms with E-state index in [2.05, 4.69) is 74.6 Å². The third-order valence-electron chi connectivity index (χ3n) is 10.2. The predicted molar refractivity (Wildman–Crippen MR) is 243 cm³/mol. The molecule has 0 amide bonds. The molecule has 2 unspecified atom stereocenters. The molecule has 0 aliphatic heterocycles. The highest BCUT2D eigenvalue weighted by Gasteiger charge is 2.31. The minimum Gasteiger partial charge on any atom is -0.477 e. The van der Waals surface area contributed by atoms with Gasteiger partial charge in [-0.25, -0.2) is 4.79 Å². The van der Waals surface area contributed by atoms with Gasteiger partial charge in [0.25, 0.3) is 0 Å². The first-order valence-electron chi connectivity index (χ1n) is 23.3. The highest BCUT2D eigenvalue weighted by molar-refractivity contribution is 5.72. The second kappa shape index (κ2) is 40.8. The number of rotatable bonds is 41. The van der Waals surface area contributed by atoms with Gasteiger partial charge < -0.3 is 23.8 Å². The lowest BCUT2D eigenvalue weighted by Crippen LogP contribution is -2.50. The van der Waals surface area contributed by atoms with Crippen LogP contribution < -0.4 is 0 Å². The molecule has 0 bridgehead atoms. The fraction of sp³-hybridized carbons (Fsp3) is 0.740. The summed E-state index contributed by atoms with van der Waals surface area (Å²) >= 11 is 0. The number of nitrogens with zero attached hydrogens (tertiary/aromatic N) is 1. The van der Waals surface area contributed by atoms with E-state index >= 15 is 0 Å². The number of carboxylic acids is 1. The van der Waals surface area contributed by atoms with E-state index in [1.165, 1.54) is 77.0 Å². The molecule has 0 fully saturated rings. The minimum atomic E-state index is -0.879. The van der Waals surface area contributed by atoms with E-state index in [9.17, 15) is 19.5 Å². The van der Waals surface area contributed by atoms with Gasteiger partial charge in [-0.1, -0.05) is 152 Å². The number of hydrogen-bond acceptors (Lipinski definition) is 6. The first-order chi connectivity index (χ1) is 28.1. The summed E-state index contributed by atoms with van der Waals surface area (Å²) in [5.41, 5.74) is 0. The second-order valence-corrected chi connectivity index (χ2v) is 16.6. The molecule has 334 valence electrons. The lowest BCUT2D eigenvalue weighted by molar-refractivity contribution is -0.887. The number of ether oxygens (including phenoxy) is 3. The van der Waals surface area contributed by atoms with Crippen molar-refractivity contribution in [3.05, 3.63) is 60.8 Å². The first-order valence-corrected chi connectivity index (χ1v) is 23.3. The summed E-state index contributed by atoms with van der Waals surface area (Å²) in [6.45, 7) is 4.59. The van der Waals surface area contributed by atoms with E-state index in [-0.39, 0.29) is 36.2 Å². The number of carbonyl (C=O) groups is 3. The standard InChI is InChI=1S/C50H87NO7/c1-6-8-10-12-14-16-18-20-22-23-24-25-27-28-30-32-34-36-38-40-48(52)57-45-46(44-56-43-42-47(50(54)55)51(3,4)5)58-49(53)41-39-37-35-33-31-29-26-21-19-17-15-13-11-9-7-2/h8,10,14,16-17,19-20,22,24-25,46-47H,6-7,9,11-13,15,18,21,23,26-45H2,1-5H3/p+1/b10-8+,16-14+,19-17+,22-20+,25-24+. The third kappa shape index (κ3) is 38.5. The second-order valence-electron chi connectivity index (χ2n) is 16.6. The minimum absolute atomic E-state index is 0.0530. The van der Waals surface area contributed by atoms with Crippen LogP contribution in [0.3, 0.4) is 0 Å². The third-order valence-corrected chi connectivity index (χ3v) is 10.2. The number of carboxylic acid groups (broad SMARTS) is 1. The van der Waals surface area contributed by atoms with E-state index in [0.29, 0.717) is 19.3 Å². The van der Waals surface area contributed by atoms with Crippen molar-refractivity contribution in [2.24, 2.45) is 0 Å². The fourth-order valence-electron chi connectivity index (χ4n) is 6.55. The Morgan fingerprint density at radius 2 is 0.966 bits per heavy atom. The van der Waals surface area contributed by atoms with Gasteiger partial charge in [-0.15, -0.1) is 0 Å². The van der Waals surface area contributed by atoms with Gasteiger partial charge in [0.05, 0.1) is 34.4 Å². The van der Waals surface area contributed by atoms with Crippen LogP contribution in [0, 0.1) is 0 Å². The van der Waals surface area contributed by atoms with Crippen molar-refractivity contribution in [1.29, 1.82) is 0 Å². The van der Waals surface area contributed by atoms with Crippen LogP contribution in [0.15, 0.2) is 60.8 Å². The van der Waals surface area contributed by atoms with Crippen LogP contribution in [0.5, 0.6) is 0 Å². The highest BCUT2D eigenvalue weighted by atomic mass is 16.6. The monoisotopic (exact) mass is 815 g/mol. The van der Waals surface area contributed by atoms with E-state index < -0.39 is 18.1 Å². The number of likely N-dealkylation sites (N-methyl/N-ethyl adjacent to an activating group) is 1. The summed E-state index contributed by atoms with van der Waals surface area (Å²) in [6.07, 6.45) is 49.7. The van der Waals surface area contributed by atoms with Crippen LogP contribution in [0.2, 0.25) is 0 Å². The van der Waals surface area contributed by atoms with Gasteiger partial charge in [-0.05, 0) is 77.0 Å². The van der Waals surface area contributed by atoms with Crippen LogP contribution in [0.25, 0.3) is 0 Å². The molecular formula is C50H88NO7+. The zero-order valence-electron chi connectivity index (χ0n) is 38.0. The molecule has 0 aliphatic rings. The molecule has 0 saturated carbocycles. The quantitative estimate of drug-likeness (QED) is 0.0284. The topological polar surface area (TPSA) is 99.1 Å². The number of quaternary nitrogens is 1. The van der Waals surface area contributed by atoms with Gasteiger partial charge >= 0.3 is 17.9 Å². The molecule has 0 heterocycles. The number of unbranched alkanes of at least 4 members (excludes halogenated alkanes) is 17. The molecule has 0 aromatic heterocycles. The Labute approximate surface area is 356 Å². The molecular weight excluding hydrogens is 727 g/mol. The lowest BCUT2D eigenvalue weighted by Gasteiger charge is -2.31. The predicted octanol–water partition coefficient (Wildman–Crippen LogP) is 13.0. The summed E-state index contributed by atoms with van der Waals surface area (Å²) in [6, 6.07) is -0.619. The molecule has 0 aromatic rings. The number of hydrogen-bond donors (Lipinski definition) is 1. The first kappa shape index (κ1) is 55.0. The van der Waals surface area contributed by atoms with Gasteiger partial charge in [0.2, 0.25) is 0 Å².